The molecular weight excluding hydrogens is 275 g/mol. The van der Waals surface area contributed by atoms with Gasteiger partial charge in [-0.1, -0.05) is 12.1 Å². The zero-order valence-electron chi connectivity index (χ0n) is 11.0. The Kier molecular flexibility index (Phi) is 4.18. The number of hydrogen-bond donors (Lipinski definition) is 3. The molecule has 0 unspecified atom stereocenters. The van der Waals surface area contributed by atoms with Gasteiger partial charge in [-0.2, -0.15) is 0 Å². The van der Waals surface area contributed by atoms with E-state index in [2.05, 4.69) is 5.32 Å². The maximum atomic E-state index is 13.5. The molecular formula is C15H13FN2O3. The van der Waals surface area contributed by atoms with Gasteiger partial charge in [0, 0.05) is 11.4 Å². The van der Waals surface area contributed by atoms with Gasteiger partial charge in [0.2, 0.25) is 5.91 Å². The van der Waals surface area contributed by atoms with Crippen molar-refractivity contribution in [3.8, 4) is 0 Å². The summed E-state index contributed by atoms with van der Waals surface area (Å²) in [5.41, 5.74) is 6.66. The summed E-state index contributed by atoms with van der Waals surface area (Å²) >= 11 is 0. The molecule has 108 valence electrons. The molecule has 6 heteroatoms. The first-order chi connectivity index (χ1) is 9.95. The van der Waals surface area contributed by atoms with E-state index in [4.69, 9.17) is 10.8 Å². The standard InChI is InChI=1S/C15H13FN2O3/c16-13-8-11(4-5-12(13)15(20)21)18-14(19)7-9-2-1-3-10(17)6-9/h1-6,8H,7,17H2,(H,18,19)(H,20,21). The summed E-state index contributed by atoms with van der Waals surface area (Å²) in [5.74, 6) is -2.60. The number of carbonyl (C=O) groups is 2. The van der Waals surface area contributed by atoms with Crippen LogP contribution in [0.1, 0.15) is 15.9 Å². The smallest absolute Gasteiger partial charge is 0.338 e. The number of carboxylic acid groups (broad SMARTS) is 1. The van der Waals surface area contributed by atoms with Crippen LogP contribution in [0.3, 0.4) is 0 Å². The molecule has 5 nitrogen and oxygen atoms in total. The number of benzene rings is 2. The van der Waals surface area contributed by atoms with Gasteiger partial charge in [-0.25, -0.2) is 9.18 Å². The normalized spacial score (nSPS) is 10.1. The van der Waals surface area contributed by atoms with Gasteiger partial charge >= 0.3 is 5.97 Å². The second-order valence-electron chi connectivity index (χ2n) is 4.47. The van der Waals surface area contributed by atoms with E-state index in [1.54, 1.807) is 24.3 Å². The SMILES string of the molecule is Nc1cccc(CC(=O)Nc2ccc(C(=O)O)c(F)c2)c1. The third-order valence-corrected chi connectivity index (χ3v) is 2.80. The van der Waals surface area contributed by atoms with Gasteiger partial charge in [0.1, 0.15) is 5.82 Å². The van der Waals surface area contributed by atoms with Gasteiger partial charge in [-0.3, -0.25) is 4.79 Å². The van der Waals surface area contributed by atoms with Crippen LogP contribution in [-0.4, -0.2) is 17.0 Å². The Morgan fingerprint density at radius 1 is 1.19 bits per heavy atom. The highest BCUT2D eigenvalue weighted by molar-refractivity contribution is 5.93. The molecule has 1 amide bonds. The second kappa shape index (κ2) is 6.04. The van der Waals surface area contributed by atoms with E-state index in [1.807, 2.05) is 0 Å². The number of amides is 1. The van der Waals surface area contributed by atoms with E-state index in [0.717, 1.165) is 17.7 Å². The summed E-state index contributed by atoms with van der Waals surface area (Å²) in [6.45, 7) is 0. The molecule has 2 aromatic carbocycles. The molecule has 0 bridgehead atoms. The molecule has 0 saturated heterocycles. The van der Waals surface area contributed by atoms with Gasteiger partial charge in [0.25, 0.3) is 0 Å². The minimum atomic E-state index is -1.36. The van der Waals surface area contributed by atoms with Crippen molar-refractivity contribution in [1.29, 1.82) is 0 Å². The molecule has 0 heterocycles. The van der Waals surface area contributed by atoms with Crippen molar-refractivity contribution >= 4 is 23.3 Å². The zero-order chi connectivity index (χ0) is 15.4. The highest BCUT2D eigenvalue weighted by Crippen LogP contribution is 2.15. The summed E-state index contributed by atoms with van der Waals surface area (Å²) in [7, 11) is 0. The minimum absolute atomic E-state index is 0.0906. The van der Waals surface area contributed by atoms with Crippen molar-refractivity contribution in [2.24, 2.45) is 0 Å². The van der Waals surface area contributed by atoms with Gasteiger partial charge in [0.05, 0.1) is 12.0 Å². The van der Waals surface area contributed by atoms with Crippen LogP contribution in [0.15, 0.2) is 42.5 Å². The van der Waals surface area contributed by atoms with Crippen LogP contribution in [0.2, 0.25) is 0 Å². The monoisotopic (exact) mass is 288 g/mol. The van der Waals surface area contributed by atoms with Gasteiger partial charge in [-0.05, 0) is 35.9 Å². The predicted molar refractivity (Wildman–Crippen MR) is 76.5 cm³/mol. The quantitative estimate of drug-likeness (QED) is 0.752. The average Bonchev–Trinajstić information content (AvgIpc) is 2.38. The number of halogens is 1. The first-order valence-electron chi connectivity index (χ1n) is 6.13. The number of aromatic carboxylic acids is 1. The summed E-state index contributed by atoms with van der Waals surface area (Å²) < 4.78 is 13.5. The molecule has 2 aromatic rings. The number of hydrogen-bond acceptors (Lipinski definition) is 3. The van der Waals surface area contributed by atoms with Crippen molar-refractivity contribution in [2.45, 2.75) is 6.42 Å². The minimum Gasteiger partial charge on any atom is -0.478 e. The molecule has 21 heavy (non-hydrogen) atoms. The van der Waals surface area contributed by atoms with E-state index in [9.17, 15) is 14.0 Å². The van der Waals surface area contributed by atoms with Crippen molar-refractivity contribution in [3.63, 3.8) is 0 Å². The summed E-state index contributed by atoms with van der Waals surface area (Å²) in [6.07, 6.45) is 0.0906. The molecule has 2 rings (SSSR count). The lowest BCUT2D eigenvalue weighted by atomic mass is 10.1. The molecule has 0 aliphatic carbocycles. The summed E-state index contributed by atoms with van der Waals surface area (Å²) in [4.78, 5) is 22.5. The number of anilines is 2. The van der Waals surface area contributed by atoms with Crippen LogP contribution in [0.5, 0.6) is 0 Å². The number of nitrogens with two attached hydrogens (primary N) is 1. The number of carbonyl (C=O) groups excluding carboxylic acids is 1. The first-order valence-corrected chi connectivity index (χ1v) is 6.13. The molecule has 0 aromatic heterocycles. The maximum absolute atomic E-state index is 13.5. The molecule has 0 atom stereocenters. The maximum Gasteiger partial charge on any atom is 0.338 e. The number of nitrogens with one attached hydrogen (secondary N) is 1. The lowest BCUT2D eigenvalue weighted by Gasteiger charge is -2.07. The van der Waals surface area contributed by atoms with Gasteiger partial charge < -0.3 is 16.2 Å². The van der Waals surface area contributed by atoms with Crippen LogP contribution in [0.4, 0.5) is 15.8 Å². The van der Waals surface area contributed by atoms with Crippen LogP contribution in [0.25, 0.3) is 0 Å². The van der Waals surface area contributed by atoms with Crippen molar-refractivity contribution in [3.05, 3.63) is 59.4 Å². The van der Waals surface area contributed by atoms with E-state index < -0.39 is 17.3 Å². The third-order valence-electron chi connectivity index (χ3n) is 2.80. The van der Waals surface area contributed by atoms with Crippen molar-refractivity contribution in [2.75, 3.05) is 11.1 Å². The van der Waals surface area contributed by atoms with Crippen LogP contribution < -0.4 is 11.1 Å². The van der Waals surface area contributed by atoms with Crippen LogP contribution in [0, 0.1) is 5.82 Å². The Labute approximate surface area is 120 Å². The van der Waals surface area contributed by atoms with E-state index >= 15 is 0 Å². The zero-order valence-corrected chi connectivity index (χ0v) is 11.0. The molecule has 0 radical (unpaired) electrons. The highest BCUT2D eigenvalue weighted by atomic mass is 19.1. The number of rotatable bonds is 4. The molecule has 0 saturated carbocycles. The lowest BCUT2D eigenvalue weighted by molar-refractivity contribution is -0.115. The number of carboxylic acids is 1. The Balaban J connectivity index is 2.06. The largest absolute Gasteiger partial charge is 0.478 e. The topological polar surface area (TPSA) is 92.4 Å². The summed E-state index contributed by atoms with van der Waals surface area (Å²) in [5, 5.41) is 11.2. The van der Waals surface area contributed by atoms with Gasteiger partial charge in [-0.15, -0.1) is 0 Å². The first kappa shape index (κ1) is 14.5. The lowest BCUT2D eigenvalue weighted by Crippen LogP contribution is -2.15. The third kappa shape index (κ3) is 3.79. The Morgan fingerprint density at radius 2 is 1.95 bits per heavy atom. The van der Waals surface area contributed by atoms with E-state index in [0.29, 0.717) is 5.69 Å². The highest BCUT2D eigenvalue weighted by Gasteiger charge is 2.11. The van der Waals surface area contributed by atoms with Crippen molar-refractivity contribution in [1.82, 2.24) is 0 Å². The molecule has 0 aliphatic rings. The van der Waals surface area contributed by atoms with Crippen LogP contribution >= 0.6 is 0 Å². The fraction of sp³-hybridized carbons (Fsp3) is 0.0667. The molecule has 0 spiro atoms. The Hall–Kier alpha value is -2.89. The number of nitrogen functional groups attached to an aromatic ring is 1. The molecule has 0 fully saturated rings. The average molecular weight is 288 g/mol. The van der Waals surface area contributed by atoms with E-state index in [-0.39, 0.29) is 18.0 Å². The molecule has 0 aliphatic heterocycles. The fourth-order valence-electron chi connectivity index (χ4n) is 1.86. The van der Waals surface area contributed by atoms with E-state index in [1.165, 1.54) is 6.07 Å². The fourth-order valence-corrected chi connectivity index (χ4v) is 1.86. The predicted octanol–water partition coefficient (Wildman–Crippen LogP) is 2.29. The van der Waals surface area contributed by atoms with Crippen molar-refractivity contribution < 1.29 is 19.1 Å². The second-order valence-corrected chi connectivity index (χ2v) is 4.47. The van der Waals surface area contributed by atoms with Crippen LogP contribution in [-0.2, 0) is 11.2 Å². The Bertz CT molecular complexity index is 701. The van der Waals surface area contributed by atoms with Gasteiger partial charge in [0.15, 0.2) is 0 Å². The Morgan fingerprint density at radius 3 is 2.57 bits per heavy atom. The molecule has 4 N–H and O–H groups in total. The summed E-state index contributed by atoms with van der Waals surface area (Å²) in [6, 6.07) is 10.3.